The van der Waals surface area contributed by atoms with Gasteiger partial charge in [0.1, 0.15) is 22.3 Å². The van der Waals surface area contributed by atoms with Crippen LogP contribution in [-0.2, 0) is 21.4 Å². The van der Waals surface area contributed by atoms with Gasteiger partial charge in [-0.1, -0.05) is 12.1 Å². The number of carbonyl (C=O) groups is 1. The fourth-order valence-electron chi connectivity index (χ4n) is 2.17. The van der Waals surface area contributed by atoms with Crippen LogP contribution in [0.15, 0.2) is 47.4 Å². The molecule has 2 rings (SSSR count). The summed E-state index contributed by atoms with van der Waals surface area (Å²) in [4.78, 5) is 11.6. The van der Waals surface area contributed by atoms with Crippen molar-refractivity contribution >= 4 is 15.9 Å². The van der Waals surface area contributed by atoms with Crippen LogP contribution >= 0.6 is 0 Å². The third kappa shape index (κ3) is 4.77. The summed E-state index contributed by atoms with van der Waals surface area (Å²) >= 11 is 0. The number of halogens is 2. The number of amides is 1. The predicted molar refractivity (Wildman–Crippen MR) is 91.0 cm³/mol. The van der Waals surface area contributed by atoms with Gasteiger partial charge in [0.25, 0.3) is 0 Å². The summed E-state index contributed by atoms with van der Waals surface area (Å²) in [7, 11) is -1.66. The maximum absolute atomic E-state index is 13.4. The van der Waals surface area contributed by atoms with Crippen molar-refractivity contribution < 1.29 is 26.7 Å². The van der Waals surface area contributed by atoms with Crippen LogP contribution in [0.5, 0.6) is 5.75 Å². The molecule has 0 radical (unpaired) electrons. The minimum absolute atomic E-state index is 0.0232. The number of rotatable bonds is 7. The maximum atomic E-state index is 13.4. The number of hydrogen-bond acceptors (Lipinski definition) is 4. The molecule has 26 heavy (non-hydrogen) atoms. The minimum Gasteiger partial charge on any atom is -0.495 e. The van der Waals surface area contributed by atoms with Crippen molar-refractivity contribution in [2.75, 3.05) is 20.7 Å². The monoisotopic (exact) mass is 384 g/mol. The molecule has 2 aromatic rings. The SMILES string of the molecule is COc1ccc(F)cc1S(=O)(=O)N(C)CC(=O)NCc1ccc(F)cc1. The molecule has 0 fully saturated rings. The normalized spacial score (nSPS) is 11.4. The van der Waals surface area contributed by atoms with Crippen molar-refractivity contribution in [3.05, 3.63) is 59.7 Å². The van der Waals surface area contributed by atoms with Crippen LogP contribution in [0.1, 0.15) is 5.56 Å². The standard InChI is InChI=1S/C17H18F2N2O4S/c1-21(11-17(22)20-10-12-3-5-13(18)6-4-12)26(23,24)16-9-14(19)7-8-15(16)25-2/h3-9H,10-11H2,1-2H3,(H,20,22). The molecule has 0 aliphatic heterocycles. The first-order chi connectivity index (χ1) is 12.2. The second-order valence-electron chi connectivity index (χ2n) is 5.46. The van der Waals surface area contributed by atoms with E-state index in [9.17, 15) is 22.0 Å². The van der Waals surface area contributed by atoms with Crippen LogP contribution in [-0.4, -0.2) is 39.3 Å². The third-order valence-corrected chi connectivity index (χ3v) is 5.41. The Kier molecular flexibility index (Phi) is 6.27. The summed E-state index contributed by atoms with van der Waals surface area (Å²) in [6.07, 6.45) is 0. The van der Waals surface area contributed by atoms with Crippen LogP contribution in [0.25, 0.3) is 0 Å². The molecule has 1 N–H and O–H groups in total. The Morgan fingerprint density at radius 1 is 1.12 bits per heavy atom. The first kappa shape index (κ1) is 19.8. The molecule has 6 nitrogen and oxygen atoms in total. The van der Waals surface area contributed by atoms with E-state index in [-0.39, 0.29) is 17.2 Å². The Bertz CT molecular complexity index is 886. The van der Waals surface area contributed by atoms with E-state index in [0.29, 0.717) is 5.56 Å². The van der Waals surface area contributed by atoms with Gasteiger partial charge in [-0.25, -0.2) is 17.2 Å². The number of nitrogens with one attached hydrogen (secondary N) is 1. The van der Waals surface area contributed by atoms with Crippen LogP contribution in [0.4, 0.5) is 8.78 Å². The highest BCUT2D eigenvalue weighted by Gasteiger charge is 2.27. The highest BCUT2D eigenvalue weighted by atomic mass is 32.2. The summed E-state index contributed by atoms with van der Waals surface area (Å²) in [6.45, 7) is -0.348. The second-order valence-corrected chi connectivity index (χ2v) is 7.47. The zero-order valence-corrected chi connectivity index (χ0v) is 15.0. The summed E-state index contributed by atoms with van der Waals surface area (Å²) in [6, 6.07) is 8.64. The molecule has 0 spiro atoms. The van der Waals surface area contributed by atoms with Crippen LogP contribution in [0.3, 0.4) is 0 Å². The van der Waals surface area contributed by atoms with E-state index in [1.807, 2.05) is 0 Å². The number of benzene rings is 2. The molecular weight excluding hydrogens is 366 g/mol. The van der Waals surface area contributed by atoms with E-state index in [0.717, 1.165) is 16.4 Å². The summed E-state index contributed by atoms with van der Waals surface area (Å²) in [5, 5.41) is 2.54. The maximum Gasteiger partial charge on any atom is 0.247 e. The molecule has 0 aliphatic carbocycles. The first-order valence-electron chi connectivity index (χ1n) is 7.55. The molecule has 0 heterocycles. The number of carbonyl (C=O) groups excluding carboxylic acids is 1. The lowest BCUT2D eigenvalue weighted by Crippen LogP contribution is -2.38. The average Bonchev–Trinajstić information content (AvgIpc) is 2.61. The Morgan fingerprint density at radius 3 is 2.35 bits per heavy atom. The summed E-state index contributed by atoms with van der Waals surface area (Å²) < 4.78 is 57.2. The molecule has 9 heteroatoms. The van der Waals surface area contributed by atoms with Crippen molar-refractivity contribution in [2.45, 2.75) is 11.4 Å². The highest BCUT2D eigenvalue weighted by Crippen LogP contribution is 2.26. The quantitative estimate of drug-likeness (QED) is 0.791. The van der Waals surface area contributed by atoms with E-state index in [1.54, 1.807) is 0 Å². The molecular formula is C17H18F2N2O4S. The Balaban J connectivity index is 2.05. The van der Waals surface area contributed by atoms with Gasteiger partial charge in [-0.3, -0.25) is 4.79 Å². The van der Waals surface area contributed by atoms with Gasteiger partial charge < -0.3 is 10.1 Å². The number of hydrogen-bond donors (Lipinski definition) is 1. The van der Waals surface area contributed by atoms with Gasteiger partial charge in [0.2, 0.25) is 15.9 Å². The lowest BCUT2D eigenvalue weighted by molar-refractivity contribution is -0.121. The zero-order chi connectivity index (χ0) is 19.3. The predicted octanol–water partition coefficient (Wildman–Crippen LogP) is 1.91. The lowest BCUT2D eigenvalue weighted by Gasteiger charge is -2.18. The molecule has 0 atom stereocenters. The molecule has 0 aliphatic rings. The smallest absolute Gasteiger partial charge is 0.247 e. The van der Waals surface area contributed by atoms with Gasteiger partial charge in [0.05, 0.1) is 13.7 Å². The summed E-state index contributed by atoms with van der Waals surface area (Å²) in [5.41, 5.74) is 0.664. The number of ether oxygens (including phenoxy) is 1. The van der Waals surface area contributed by atoms with Crippen molar-refractivity contribution in [3.63, 3.8) is 0 Å². The average molecular weight is 384 g/mol. The van der Waals surface area contributed by atoms with Gasteiger partial charge in [0.15, 0.2) is 0 Å². The molecule has 0 aromatic heterocycles. The fourth-order valence-corrected chi connectivity index (χ4v) is 3.46. The first-order valence-corrected chi connectivity index (χ1v) is 8.99. The highest BCUT2D eigenvalue weighted by molar-refractivity contribution is 7.89. The van der Waals surface area contributed by atoms with Gasteiger partial charge in [-0.15, -0.1) is 0 Å². The Labute approximate surface area is 150 Å². The largest absolute Gasteiger partial charge is 0.495 e. The number of likely N-dealkylation sites (N-methyl/N-ethyl adjacent to an activating group) is 1. The number of sulfonamides is 1. The fraction of sp³-hybridized carbons (Fsp3) is 0.235. The van der Waals surface area contributed by atoms with E-state index >= 15 is 0 Å². The van der Waals surface area contributed by atoms with Crippen molar-refractivity contribution in [1.29, 1.82) is 0 Å². The Hall–Kier alpha value is -2.52. The van der Waals surface area contributed by atoms with Crippen LogP contribution < -0.4 is 10.1 Å². The summed E-state index contributed by atoms with van der Waals surface area (Å²) in [5.74, 6) is -1.71. The van der Waals surface area contributed by atoms with Crippen molar-refractivity contribution in [2.24, 2.45) is 0 Å². The topological polar surface area (TPSA) is 75.7 Å². The van der Waals surface area contributed by atoms with Gasteiger partial charge in [0, 0.05) is 13.6 Å². The van der Waals surface area contributed by atoms with Crippen LogP contribution in [0, 0.1) is 11.6 Å². The lowest BCUT2D eigenvalue weighted by atomic mass is 10.2. The van der Waals surface area contributed by atoms with E-state index in [1.165, 1.54) is 44.5 Å². The zero-order valence-electron chi connectivity index (χ0n) is 14.2. The molecule has 140 valence electrons. The van der Waals surface area contributed by atoms with E-state index in [4.69, 9.17) is 4.74 Å². The van der Waals surface area contributed by atoms with E-state index in [2.05, 4.69) is 5.32 Å². The molecule has 0 saturated heterocycles. The second kappa shape index (κ2) is 8.24. The van der Waals surface area contributed by atoms with E-state index < -0.39 is 34.1 Å². The number of methoxy groups -OCH3 is 1. The molecule has 0 saturated carbocycles. The molecule has 0 bridgehead atoms. The van der Waals surface area contributed by atoms with Gasteiger partial charge in [-0.2, -0.15) is 4.31 Å². The van der Waals surface area contributed by atoms with Gasteiger partial charge >= 0.3 is 0 Å². The van der Waals surface area contributed by atoms with Crippen molar-refractivity contribution in [3.8, 4) is 5.75 Å². The van der Waals surface area contributed by atoms with Crippen molar-refractivity contribution in [1.82, 2.24) is 9.62 Å². The van der Waals surface area contributed by atoms with Crippen LogP contribution in [0.2, 0.25) is 0 Å². The number of nitrogens with zero attached hydrogens (tertiary/aromatic N) is 1. The van der Waals surface area contributed by atoms with Gasteiger partial charge in [-0.05, 0) is 35.9 Å². The third-order valence-electron chi connectivity index (χ3n) is 3.58. The minimum atomic E-state index is -4.13. The molecule has 1 amide bonds. The Morgan fingerprint density at radius 2 is 1.73 bits per heavy atom. The molecule has 0 unspecified atom stereocenters. The molecule has 2 aromatic carbocycles.